The molecule has 0 heterocycles. The van der Waals surface area contributed by atoms with Gasteiger partial charge in [-0.25, -0.2) is 0 Å². The van der Waals surface area contributed by atoms with E-state index in [1.54, 1.807) is 5.56 Å². The molecule has 0 amide bonds. The zero-order chi connectivity index (χ0) is 13.2. The number of fused-ring (bicyclic) bond motifs is 1. The number of hydrogen-bond donors (Lipinski definition) is 1. The van der Waals surface area contributed by atoms with Crippen LogP contribution >= 0.6 is 15.9 Å². The Morgan fingerprint density at radius 1 is 1.05 bits per heavy atom. The molecule has 0 saturated heterocycles. The third kappa shape index (κ3) is 2.69. The first-order valence-electron chi connectivity index (χ1n) is 6.87. The molecule has 1 N–H and O–H groups in total. The second kappa shape index (κ2) is 5.38. The van der Waals surface area contributed by atoms with E-state index in [1.165, 1.54) is 30.4 Å². The predicted molar refractivity (Wildman–Crippen MR) is 84.6 cm³/mol. The lowest BCUT2D eigenvalue weighted by Gasteiger charge is -2.18. The molecular formula is C17H18BrN. The summed E-state index contributed by atoms with van der Waals surface area (Å²) in [6.07, 6.45) is 3.80. The number of rotatable bonds is 3. The zero-order valence-electron chi connectivity index (χ0n) is 11.1. The van der Waals surface area contributed by atoms with Crippen LogP contribution in [0.1, 0.15) is 36.1 Å². The first-order valence-corrected chi connectivity index (χ1v) is 7.66. The maximum absolute atomic E-state index is 3.58. The van der Waals surface area contributed by atoms with E-state index < -0.39 is 0 Å². The zero-order valence-corrected chi connectivity index (χ0v) is 12.7. The van der Waals surface area contributed by atoms with Crippen molar-refractivity contribution >= 4 is 21.6 Å². The van der Waals surface area contributed by atoms with Gasteiger partial charge in [-0.1, -0.05) is 30.3 Å². The lowest BCUT2D eigenvalue weighted by Crippen LogP contribution is -2.07. The molecule has 19 heavy (non-hydrogen) atoms. The van der Waals surface area contributed by atoms with Gasteiger partial charge < -0.3 is 5.32 Å². The van der Waals surface area contributed by atoms with Gasteiger partial charge in [0.05, 0.1) is 0 Å². The molecule has 0 aliphatic heterocycles. The fraction of sp³-hybridized carbons (Fsp3) is 0.294. The number of hydrogen-bond acceptors (Lipinski definition) is 1. The molecule has 2 aromatic carbocycles. The van der Waals surface area contributed by atoms with Gasteiger partial charge in [0.2, 0.25) is 0 Å². The summed E-state index contributed by atoms with van der Waals surface area (Å²) in [5.74, 6) is 0. The Kier molecular flexibility index (Phi) is 3.61. The van der Waals surface area contributed by atoms with Gasteiger partial charge >= 0.3 is 0 Å². The van der Waals surface area contributed by atoms with Gasteiger partial charge in [0.15, 0.2) is 0 Å². The fourth-order valence-electron chi connectivity index (χ4n) is 2.76. The maximum atomic E-state index is 3.58. The van der Waals surface area contributed by atoms with Gasteiger partial charge in [-0.2, -0.15) is 0 Å². The molecule has 2 heteroatoms. The van der Waals surface area contributed by atoms with E-state index in [4.69, 9.17) is 0 Å². The van der Waals surface area contributed by atoms with E-state index in [2.05, 4.69) is 64.6 Å². The summed E-state index contributed by atoms with van der Waals surface area (Å²) in [5, 5.41) is 3.57. The van der Waals surface area contributed by atoms with Crippen molar-refractivity contribution in [3.8, 4) is 0 Å². The van der Waals surface area contributed by atoms with Crippen LogP contribution in [0.5, 0.6) is 0 Å². The van der Waals surface area contributed by atoms with Crippen molar-refractivity contribution in [2.75, 3.05) is 5.32 Å². The molecule has 0 aromatic heterocycles. The van der Waals surface area contributed by atoms with Crippen molar-refractivity contribution in [2.45, 2.75) is 32.2 Å². The van der Waals surface area contributed by atoms with Crippen LogP contribution in [-0.2, 0) is 12.8 Å². The molecule has 1 aliphatic rings. The molecule has 3 rings (SSSR count). The summed E-state index contributed by atoms with van der Waals surface area (Å²) in [6, 6.07) is 15.5. The van der Waals surface area contributed by atoms with Crippen LogP contribution in [-0.4, -0.2) is 0 Å². The summed E-state index contributed by atoms with van der Waals surface area (Å²) in [6.45, 7) is 2.22. The highest BCUT2D eigenvalue weighted by atomic mass is 79.9. The van der Waals surface area contributed by atoms with Crippen LogP contribution in [0.15, 0.2) is 46.9 Å². The topological polar surface area (TPSA) is 12.0 Å². The highest BCUT2D eigenvalue weighted by Crippen LogP contribution is 2.29. The van der Waals surface area contributed by atoms with Gasteiger partial charge in [-0.15, -0.1) is 0 Å². The third-order valence-corrected chi connectivity index (χ3v) is 4.56. The molecule has 1 atom stereocenters. The molecule has 98 valence electrons. The van der Waals surface area contributed by atoms with Crippen molar-refractivity contribution < 1.29 is 0 Å². The van der Waals surface area contributed by atoms with Crippen molar-refractivity contribution in [2.24, 2.45) is 0 Å². The normalized spacial score (nSPS) is 15.1. The van der Waals surface area contributed by atoms with Crippen LogP contribution in [0.2, 0.25) is 0 Å². The van der Waals surface area contributed by atoms with Gasteiger partial charge in [-0.05, 0) is 70.9 Å². The number of halogens is 1. The van der Waals surface area contributed by atoms with Crippen LogP contribution in [0, 0.1) is 0 Å². The average molecular weight is 316 g/mol. The SMILES string of the molecule is CC(Nc1ccccc1Br)c1ccc2c(c1)CCC2. The van der Waals surface area contributed by atoms with E-state index in [1.807, 2.05) is 6.07 Å². The van der Waals surface area contributed by atoms with Crippen LogP contribution in [0.25, 0.3) is 0 Å². The maximum Gasteiger partial charge on any atom is 0.0489 e. The standard InChI is InChI=1S/C17H18BrN/c1-12(19-17-8-3-2-7-16(17)18)14-10-9-13-5-4-6-15(13)11-14/h2-3,7-12,19H,4-6H2,1H3. The fourth-order valence-corrected chi connectivity index (χ4v) is 3.16. The molecule has 0 spiro atoms. The second-order valence-electron chi connectivity index (χ2n) is 5.23. The Hall–Kier alpha value is -1.28. The van der Waals surface area contributed by atoms with E-state index in [0.29, 0.717) is 6.04 Å². The molecule has 1 nitrogen and oxygen atoms in total. The first-order chi connectivity index (χ1) is 9.24. The van der Waals surface area contributed by atoms with Gasteiger partial charge in [0.25, 0.3) is 0 Å². The molecule has 2 aromatic rings. The number of anilines is 1. The summed E-state index contributed by atoms with van der Waals surface area (Å²) in [7, 11) is 0. The van der Waals surface area contributed by atoms with Gasteiger partial charge in [0.1, 0.15) is 0 Å². The third-order valence-electron chi connectivity index (χ3n) is 3.87. The lowest BCUT2D eigenvalue weighted by atomic mass is 10.0. The van der Waals surface area contributed by atoms with Gasteiger partial charge in [-0.3, -0.25) is 0 Å². The lowest BCUT2D eigenvalue weighted by molar-refractivity contribution is 0.878. The van der Waals surface area contributed by atoms with Crippen molar-refractivity contribution in [1.82, 2.24) is 0 Å². The van der Waals surface area contributed by atoms with Crippen molar-refractivity contribution in [3.63, 3.8) is 0 Å². The Bertz CT molecular complexity index is 592. The molecule has 1 aliphatic carbocycles. The number of benzene rings is 2. The van der Waals surface area contributed by atoms with E-state index in [0.717, 1.165) is 10.2 Å². The largest absolute Gasteiger partial charge is 0.378 e. The number of aryl methyl sites for hydroxylation is 2. The predicted octanol–water partition coefficient (Wildman–Crippen LogP) is 5.11. The quantitative estimate of drug-likeness (QED) is 0.829. The van der Waals surface area contributed by atoms with E-state index >= 15 is 0 Å². The minimum Gasteiger partial charge on any atom is -0.378 e. The van der Waals surface area contributed by atoms with Crippen molar-refractivity contribution in [1.29, 1.82) is 0 Å². The summed E-state index contributed by atoms with van der Waals surface area (Å²) in [5.41, 5.74) is 5.60. The average Bonchev–Trinajstić information content (AvgIpc) is 2.88. The Morgan fingerprint density at radius 3 is 2.68 bits per heavy atom. The minimum atomic E-state index is 0.324. The highest BCUT2D eigenvalue weighted by Gasteiger charge is 2.13. The van der Waals surface area contributed by atoms with Crippen molar-refractivity contribution in [3.05, 3.63) is 63.6 Å². The molecule has 0 radical (unpaired) electrons. The second-order valence-corrected chi connectivity index (χ2v) is 6.08. The molecule has 1 unspecified atom stereocenters. The summed E-state index contributed by atoms with van der Waals surface area (Å²) >= 11 is 3.58. The van der Waals surface area contributed by atoms with Gasteiger partial charge in [0, 0.05) is 16.2 Å². The van der Waals surface area contributed by atoms with Crippen LogP contribution < -0.4 is 5.32 Å². The molecular weight excluding hydrogens is 298 g/mol. The summed E-state index contributed by atoms with van der Waals surface area (Å²) < 4.78 is 1.11. The molecule has 0 bridgehead atoms. The summed E-state index contributed by atoms with van der Waals surface area (Å²) in [4.78, 5) is 0. The van der Waals surface area contributed by atoms with E-state index in [9.17, 15) is 0 Å². The number of nitrogens with one attached hydrogen (secondary N) is 1. The van der Waals surface area contributed by atoms with Crippen LogP contribution in [0.3, 0.4) is 0 Å². The minimum absolute atomic E-state index is 0.324. The Balaban J connectivity index is 1.81. The number of para-hydroxylation sites is 1. The van der Waals surface area contributed by atoms with E-state index in [-0.39, 0.29) is 0 Å². The Morgan fingerprint density at radius 2 is 1.84 bits per heavy atom. The molecule has 0 saturated carbocycles. The Labute approximate surface area is 123 Å². The highest BCUT2D eigenvalue weighted by molar-refractivity contribution is 9.10. The smallest absolute Gasteiger partial charge is 0.0489 e. The molecule has 0 fully saturated rings. The van der Waals surface area contributed by atoms with Crippen LogP contribution in [0.4, 0.5) is 5.69 Å². The first kappa shape index (κ1) is 12.7. The monoisotopic (exact) mass is 315 g/mol.